The molecule has 0 aromatic carbocycles. The maximum Gasteiger partial charge on any atom is 0.0128 e. The summed E-state index contributed by atoms with van der Waals surface area (Å²) in [6, 6.07) is 0. The van der Waals surface area contributed by atoms with Crippen LogP contribution in [0.25, 0.3) is 0 Å². The van der Waals surface area contributed by atoms with Gasteiger partial charge in [0.05, 0.1) is 0 Å². The summed E-state index contributed by atoms with van der Waals surface area (Å²) in [6.07, 6.45) is 2.15. The van der Waals surface area contributed by atoms with Crippen molar-refractivity contribution in [3.8, 4) is 0 Å². The summed E-state index contributed by atoms with van der Waals surface area (Å²) in [5, 5.41) is 3.45. The molecule has 1 heteroatoms. The van der Waals surface area contributed by atoms with Gasteiger partial charge in [-0.1, -0.05) is 31.2 Å². The summed E-state index contributed by atoms with van der Waals surface area (Å²) in [5.41, 5.74) is 2.49. The van der Waals surface area contributed by atoms with Crippen LogP contribution in [0, 0.1) is 0 Å². The first-order chi connectivity index (χ1) is 5.89. The lowest BCUT2D eigenvalue weighted by Crippen LogP contribution is -2.38. The normalized spacial score (nSPS) is 11.4. The van der Waals surface area contributed by atoms with Crippen LogP contribution in [0.4, 0.5) is 0 Å². The summed E-state index contributed by atoms with van der Waals surface area (Å²) >= 11 is 0. The van der Waals surface area contributed by atoms with E-state index in [1.807, 2.05) is 6.92 Å². The second kappa shape index (κ2) is 5.23. The molecule has 0 bridgehead atoms. The van der Waals surface area contributed by atoms with Gasteiger partial charge in [-0.15, -0.1) is 0 Å². The highest BCUT2D eigenvalue weighted by Gasteiger charge is 2.15. The highest BCUT2D eigenvalue weighted by Crippen LogP contribution is 2.18. The zero-order valence-corrected chi connectivity index (χ0v) is 9.54. The number of hydrogen-bond donors (Lipinski definition) is 1. The van der Waals surface area contributed by atoms with E-state index in [9.17, 15) is 0 Å². The first-order valence-corrected chi connectivity index (χ1v) is 4.97. The van der Waals surface area contributed by atoms with E-state index in [2.05, 4.69) is 39.2 Å². The van der Waals surface area contributed by atoms with E-state index in [0.717, 1.165) is 25.0 Å². The molecule has 0 saturated heterocycles. The fourth-order valence-corrected chi connectivity index (χ4v) is 1.24. The molecule has 0 amide bonds. The van der Waals surface area contributed by atoms with Gasteiger partial charge in [0, 0.05) is 5.54 Å². The molecule has 0 heterocycles. The van der Waals surface area contributed by atoms with Gasteiger partial charge in [-0.3, -0.25) is 0 Å². The average molecular weight is 181 g/mol. The predicted molar refractivity (Wildman–Crippen MR) is 60.9 cm³/mol. The zero-order valence-electron chi connectivity index (χ0n) is 9.54. The van der Waals surface area contributed by atoms with Crippen LogP contribution in [0.2, 0.25) is 0 Å². The summed E-state index contributed by atoms with van der Waals surface area (Å²) in [4.78, 5) is 0. The Morgan fingerprint density at radius 1 is 1.31 bits per heavy atom. The van der Waals surface area contributed by atoms with Crippen LogP contribution in [0.3, 0.4) is 0 Å². The maximum absolute atomic E-state index is 3.99. The highest BCUT2D eigenvalue weighted by molar-refractivity contribution is 5.22. The lowest BCUT2D eigenvalue weighted by atomic mass is 9.94. The Morgan fingerprint density at radius 2 is 1.85 bits per heavy atom. The van der Waals surface area contributed by atoms with Gasteiger partial charge in [0.2, 0.25) is 0 Å². The predicted octanol–water partition coefficient (Wildman–Crippen LogP) is 3.29. The number of allylic oxidation sites excluding steroid dienone is 2. The molecular formula is C12H23N. The first kappa shape index (κ1) is 12.4. The van der Waals surface area contributed by atoms with E-state index in [0.29, 0.717) is 0 Å². The maximum atomic E-state index is 3.99. The van der Waals surface area contributed by atoms with Crippen molar-refractivity contribution in [1.29, 1.82) is 0 Å². The molecule has 0 aliphatic carbocycles. The topological polar surface area (TPSA) is 12.0 Å². The van der Waals surface area contributed by atoms with Crippen molar-refractivity contribution in [2.75, 3.05) is 6.54 Å². The van der Waals surface area contributed by atoms with Crippen LogP contribution < -0.4 is 5.32 Å². The molecule has 0 rings (SSSR count). The standard InChI is InChI=1S/C12H23N/c1-7-13-12(5,6)9-8-11(4)10(2)3/h13H,2,4,7-9H2,1,3,5-6H3. The quantitative estimate of drug-likeness (QED) is 0.620. The third-order valence-electron chi connectivity index (χ3n) is 2.31. The minimum atomic E-state index is 0.215. The molecule has 0 aromatic rings. The lowest BCUT2D eigenvalue weighted by molar-refractivity contribution is 0.372. The molecule has 0 spiro atoms. The van der Waals surface area contributed by atoms with Crippen LogP contribution in [0.15, 0.2) is 24.3 Å². The van der Waals surface area contributed by atoms with E-state index >= 15 is 0 Å². The van der Waals surface area contributed by atoms with Crippen molar-refractivity contribution in [2.24, 2.45) is 0 Å². The van der Waals surface area contributed by atoms with Crippen LogP contribution in [0.1, 0.15) is 40.5 Å². The van der Waals surface area contributed by atoms with E-state index in [1.54, 1.807) is 0 Å². The van der Waals surface area contributed by atoms with Crippen molar-refractivity contribution in [3.63, 3.8) is 0 Å². The molecule has 1 nitrogen and oxygen atoms in total. The lowest BCUT2D eigenvalue weighted by Gasteiger charge is -2.26. The Balaban J connectivity index is 3.87. The van der Waals surface area contributed by atoms with Crippen LogP contribution >= 0.6 is 0 Å². The largest absolute Gasteiger partial charge is 0.312 e. The molecule has 0 unspecified atom stereocenters. The van der Waals surface area contributed by atoms with Crippen LogP contribution in [0.5, 0.6) is 0 Å². The van der Waals surface area contributed by atoms with E-state index in [1.165, 1.54) is 5.57 Å². The van der Waals surface area contributed by atoms with Crippen molar-refractivity contribution < 1.29 is 0 Å². The number of rotatable bonds is 6. The summed E-state index contributed by atoms with van der Waals surface area (Å²) in [6.45, 7) is 17.5. The Morgan fingerprint density at radius 3 is 2.23 bits per heavy atom. The molecule has 0 fully saturated rings. The molecule has 0 aliphatic heterocycles. The van der Waals surface area contributed by atoms with Crippen molar-refractivity contribution >= 4 is 0 Å². The molecule has 0 radical (unpaired) electrons. The van der Waals surface area contributed by atoms with Gasteiger partial charge >= 0.3 is 0 Å². The molecule has 0 aromatic heterocycles. The smallest absolute Gasteiger partial charge is 0.0128 e. The number of nitrogens with one attached hydrogen (secondary N) is 1. The monoisotopic (exact) mass is 181 g/mol. The average Bonchev–Trinajstić information content (AvgIpc) is 2.00. The SMILES string of the molecule is C=C(C)C(=C)CCC(C)(C)NCC. The van der Waals surface area contributed by atoms with Gasteiger partial charge in [-0.25, -0.2) is 0 Å². The van der Waals surface area contributed by atoms with E-state index in [-0.39, 0.29) is 5.54 Å². The van der Waals surface area contributed by atoms with E-state index in [4.69, 9.17) is 0 Å². The minimum Gasteiger partial charge on any atom is -0.312 e. The van der Waals surface area contributed by atoms with Gasteiger partial charge in [0.15, 0.2) is 0 Å². The van der Waals surface area contributed by atoms with Gasteiger partial charge in [-0.05, 0) is 40.2 Å². The molecule has 13 heavy (non-hydrogen) atoms. The van der Waals surface area contributed by atoms with Gasteiger partial charge < -0.3 is 5.32 Å². The van der Waals surface area contributed by atoms with Gasteiger partial charge in [0.25, 0.3) is 0 Å². The van der Waals surface area contributed by atoms with Crippen LogP contribution in [-0.4, -0.2) is 12.1 Å². The Hall–Kier alpha value is -0.560. The third kappa shape index (κ3) is 5.64. The zero-order chi connectivity index (χ0) is 10.5. The van der Waals surface area contributed by atoms with Crippen molar-refractivity contribution in [2.45, 2.75) is 46.1 Å². The second-order valence-corrected chi connectivity index (χ2v) is 4.30. The Bertz CT molecular complexity index is 189. The fourth-order valence-electron chi connectivity index (χ4n) is 1.24. The highest BCUT2D eigenvalue weighted by atomic mass is 14.9. The molecule has 0 atom stereocenters. The van der Waals surface area contributed by atoms with Crippen molar-refractivity contribution in [1.82, 2.24) is 5.32 Å². The Labute approximate surface area is 82.9 Å². The fraction of sp³-hybridized carbons (Fsp3) is 0.667. The molecule has 76 valence electrons. The first-order valence-electron chi connectivity index (χ1n) is 4.97. The Kier molecular flexibility index (Phi) is 5.01. The van der Waals surface area contributed by atoms with Crippen LogP contribution in [-0.2, 0) is 0 Å². The van der Waals surface area contributed by atoms with Gasteiger partial charge in [0.1, 0.15) is 0 Å². The minimum absolute atomic E-state index is 0.215. The summed E-state index contributed by atoms with van der Waals surface area (Å²) in [5.74, 6) is 0. The van der Waals surface area contributed by atoms with E-state index < -0.39 is 0 Å². The molecule has 0 saturated carbocycles. The summed E-state index contributed by atoms with van der Waals surface area (Å²) in [7, 11) is 0. The van der Waals surface area contributed by atoms with Crippen molar-refractivity contribution in [3.05, 3.63) is 24.3 Å². The molecular weight excluding hydrogens is 158 g/mol. The third-order valence-corrected chi connectivity index (χ3v) is 2.31. The second-order valence-electron chi connectivity index (χ2n) is 4.30. The van der Waals surface area contributed by atoms with Gasteiger partial charge in [-0.2, -0.15) is 0 Å². The summed E-state index contributed by atoms with van der Waals surface area (Å²) < 4.78 is 0. The number of hydrogen-bond acceptors (Lipinski definition) is 1. The molecule has 1 N–H and O–H groups in total. The molecule has 0 aliphatic rings.